The third-order valence-electron chi connectivity index (χ3n) is 7.03. The van der Waals surface area contributed by atoms with Crippen molar-refractivity contribution < 1.29 is 94.9 Å². The van der Waals surface area contributed by atoms with Gasteiger partial charge in [-0.1, -0.05) is 0 Å². The van der Waals surface area contributed by atoms with Crippen LogP contribution < -0.4 is 0 Å². The number of sulfone groups is 4. The predicted octanol–water partition coefficient (Wildman–Crippen LogP) is -0.202. The fourth-order valence-corrected chi connectivity index (χ4v) is 10.8. The number of aromatic hydroxyl groups is 12. The van der Waals surface area contributed by atoms with Crippen LogP contribution in [0.3, 0.4) is 0 Å². The average Bonchev–Trinajstić information content (AvgIpc) is 2.98. The fraction of sp³-hybridized carbons (Fsp3) is 0. The lowest BCUT2D eigenvalue weighted by molar-refractivity contribution is 0.349. The van der Waals surface area contributed by atoms with E-state index in [1.54, 1.807) is 0 Å². The van der Waals surface area contributed by atoms with Gasteiger partial charge in [0.2, 0.25) is 62.3 Å². The van der Waals surface area contributed by atoms with E-state index in [2.05, 4.69) is 0 Å². The van der Waals surface area contributed by atoms with E-state index in [9.17, 15) is 94.9 Å². The van der Waals surface area contributed by atoms with Gasteiger partial charge in [0.1, 0.15) is 39.2 Å². The Morgan fingerprint density at radius 2 is 0.333 bits per heavy atom. The quantitative estimate of drug-likeness (QED) is 0.0911. The second-order valence-corrected chi connectivity index (χ2v) is 17.2. The summed E-state index contributed by atoms with van der Waals surface area (Å²) < 4.78 is 110. The number of fused-ring (bicyclic) bond motifs is 8. The maximum absolute atomic E-state index is 13.7. The molecule has 0 radical (unpaired) electrons. The highest BCUT2D eigenvalue weighted by Crippen LogP contribution is 2.55. The highest BCUT2D eigenvalue weighted by molar-refractivity contribution is 7.93. The van der Waals surface area contributed by atoms with Gasteiger partial charge in [-0.25, -0.2) is 33.7 Å². The number of rotatable bonds is 0. The summed E-state index contributed by atoms with van der Waals surface area (Å²) in [5, 5.41) is 125. The van der Waals surface area contributed by atoms with Crippen LogP contribution >= 0.6 is 0 Å². The van der Waals surface area contributed by atoms with Gasteiger partial charge in [-0.15, -0.1) is 0 Å². The monoisotopic (exact) mass is 752 g/mol. The van der Waals surface area contributed by atoms with Gasteiger partial charge in [-0.3, -0.25) is 0 Å². The van der Waals surface area contributed by atoms with Crippen LogP contribution in [0.15, 0.2) is 63.4 Å². The molecule has 0 aromatic heterocycles. The smallest absolute Gasteiger partial charge is 0.214 e. The van der Waals surface area contributed by atoms with Gasteiger partial charge < -0.3 is 61.3 Å². The van der Waals surface area contributed by atoms with Crippen LogP contribution in [0.4, 0.5) is 0 Å². The van der Waals surface area contributed by atoms with Crippen LogP contribution in [-0.4, -0.2) is 94.9 Å². The Bertz CT molecular complexity index is 2120. The molecule has 0 saturated carbocycles. The third-order valence-corrected chi connectivity index (χ3v) is 14.1. The molecule has 0 spiro atoms. The summed E-state index contributed by atoms with van der Waals surface area (Å²) in [4.78, 5) is -14.4. The summed E-state index contributed by atoms with van der Waals surface area (Å²) in [6, 6.07) is -0.634. The second kappa shape index (κ2) is 9.89. The summed E-state index contributed by atoms with van der Waals surface area (Å²) in [7, 11) is -23.4. The first-order valence-corrected chi connectivity index (χ1v) is 17.9. The van der Waals surface area contributed by atoms with E-state index >= 15 is 0 Å². The van der Waals surface area contributed by atoms with Gasteiger partial charge in [-0.2, -0.15) is 0 Å². The van der Waals surface area contributed by atoms with Crippen LogP contribution in [0, 0.1) is 0 Å². The average molecular weight is 753 g/mol. The van der Waals surface area contributed by atoms with Crippen LogP contribution in [0.2, 0.25) is 0 Å². The lowest BCUT2D eigenvalue weighted by Crippen LogP contribution is -2.12. The van der Waals surface area contributed by atoms with E-state index in [4.69, 9.17) is 0 Å². The molecule has 1 aliphatic heterocycles. The number of benzene rings is 4. The molecule has 0 saturated heterocycles. The Labute approximate surface area is 266 Å². The Balaban J connectivity index is 2.16. The van der Waals surface area contributed by atoms with Gasteiger partial charge >= 0.3 is 0 Å². The van der Waals surface area contributed by atoms with Crippen molar-refractivity contribution >= 4 is 39.3 Å². The summed E-state index contributed by atoms with van der Waals surface area (Å²) >= 11 is 0. The molecule has 24 heteroatoms. The number of phenols is 12. The van der Waals surface area contributed by atoms with Crippen molar-refractivity contribution in [3.8, 4) is 69.0 Å². The zero-order chi connectivity index (χ0) is 36.4. The highest BCUT2D eigenvalue weighted by atomic mass is 32.2. The van der Waals surface area contributed by atoms with Crippen molar-refractivity contribution in [3.63, 3.8) is 0 Å². The first-order valence-electron chi connectivity index (χ1n) is 12.0. The van der Waals surface area contributed by atoms with Gasteiger partial charge in [0.15, 0.2) is 46.0 Å². The van der Waals surface area contributed by atoms with Crippen LogP contribution in [-0.2, 0) is 39.3 Å². The molecule has 0 unspecified atom stereocenters. The van der Waals surface area contributed by atoms with E-state index in [-0.39, 0.29) is 24.3 Å². The Morgan fingerprint density at radius 3 is 0.438 bits per heavy atom. The first kappa shape index (κ1) is 33.6. The lowest BCUT2D eigenvalue weighted by Gasteiger charge is -2.19. The molecule has 4 aromatic carbocycles. The van der Waals surface area contributed by atoms with Crippen molar-refractivity contribution in [2.24, 2.45) is 0 Å². The highest BCUT2D eigenvalue weighted by Gasteiger charge is 2.42. The summed E-state index contributed by atoms with van der Waals surface area (Å²) in [6.45, 7) is 0. The molecule has 5 rings (SSSR count). The van der Waals surface area contributed by atoms with Crippen LogP contribution in [0.5, 0.6) is 69.0 Å². The van der Waals surface area contributed by atoms with E-state index in [0.717, 1.165) is 0 Å². The zero-order valence-corrected chi connectivity index (χ0v) is 25.8. The Morgan fingerprint density at radius 1 is 0.229 bits per heavy atom. The van der Waals surface area contributed by atoms with Gasteiger partial charge in [0, 0.05) is 0 Å². The predicted molar refractivity (Wildman–Crippen MR) is 148 cm³/mol. The molecule has 8 bridgehead atoms. The maximum atomic E-state index is 13.7. The molecule has 0 atom stereocenters. The maximum Gasteiger partial charge on any atom is 0.214 e. The SMILES string of the molecule is O=S1(=O)c2cc(c(O)c(O)c2O)S(=O)(=O)c2cc(c(O)c(O)c2O)S(=O)(=O)c2cc(c(O)c(O)c2O)S(=O)(=O)c2cc1c(O)c(O)c2O. The van der Waals surface area contributed by atoms with Crippen molar-refractivity contribution in [2.75, 3.05) is 0 Å². The fourth-order valence-electron chi connectivity index (χ4n) is 4.52. The first-order chi connectivity index (χ1) is 21.8. The zero-order valence-electron chi connectivity index (χ0n) is 22.6. The molecule has 48 heavy (non-hydrogen) atoms. The number of hydrogen-bond acceptors (Lipinski definition) is 20. The number of hydrogen-bond donors (Lipinski definition) is 12. The number of phenolic OH excluding ortho intramolecular Hbond substituents is 12. The van der Waals surface area contributed by atoms with E-state index in [1.165, 1.54) is 0 Å². The van der Waals surface area contributed by atoms with Crippen molar-refractivity contribution in [3.05, 3.63) is 24.3 Å². The molecule has 4 aromatic rings. The van der Waals surface area contributed by atoms with E-state index in [1.807, 2.05) is 0 Å². The minimum Gasteiger partial charge on any atom is -0.503 e. The molecule has 0 fully saturated rings. The second-order valence-electron chi connectivity index (χ2n) is 9.69. The lowest BCUT2D eigenvalue weighted by atomic mass is 10.3. The largest absolute Gasteiger partial charge is 0.503 e. The molecular formula is C24H16O20S4. The van der Waals surface area contributed by atoms with E-state index < -0.39 is 148 Å². The van der Waals surface area contributed by atoms with Gasteiger partial charge in [0.25, 0.3) is 0 Å². The molecule has 0 aliphatic carbocycles. The molecule has 1 heterocycles. The molecule has 0 amide bonds. The topological polar surface area (TPSA) is 379 Å². The molecule has 20 nitrogen and oxygen atoms in total. The third kappa shape index (κ3) is 4.16. The summed E-state index contributed by atoms with van der Waals surface area (Å²) in [6.07, 6.45) is 0. The molecule has 1 aliphatic rings. The van der Waals surface area contributed by atoms with Crippen LogP contribution in [0.1, 0.15) is 0 Å². The van der Waals surface area contributed by atoms with Crippen molar-refractivity contribution in [1.29, 1.82) is 0 Å². The van der Waals surface area contributed by atoms with Crippen molar-refractivity contribution in [1.82, 2.24) is 0 Å². The van der Waals surface area contributed by atoms with Gasteiger partial charge in [-0.05, 0) is 24.3 Å². The van der Waals surface area contributed by atoms with Crippen LogP contribution in [0.25, 0.3) is 0 Å². The minimum absolute atomic E-state index is 0.159. The normalized spacial score (nSPS) is 17.0. The van der Waals surface area contributed by atoms with Gasteiger partial charge in [0.05, 0.1) is 0 Å². The molecular weight excluding hydrogens is 737 g/mol. The van der Waals surface area contributed by atoms with Crippen molar-refractivity contribution in [2.45, 2.75) is 39.2 Å². The molecule has 256 valence electrons. The molecule has 12 N–H and O–H groups in total. The standard InChI is InChI=1S/C24H16O20S4/c25-13-5-1-6(14(26)21(13)33)46(39,40)8-3-10(18(30)23(35)16(8)28)48(43,44)12-4-11(19(31)24(36)20(12)32)47(41,42)9-2-7(45(5,37)38)15(27)22(34)17(9)29/h1-4,25-36H. The minimum atomic E-state index is -5.84. The Kier molecular flexibility index (Phi) is 6.93. The Hall–Kier alpha value is -5.72. The summed E-state index contributed by atoms with van der Waals surface area (Å²) in [5.74, 6) is -22.8. The summed E-state index contributed by atoms with van der Waals surface area (Å²) in [5.41, 5.74) is 0. The van der Waals surface area contributed by atoms with E-state index in [0.29, 0.717) is 0 Å².